The molecule has 0 bridgehead atoms. The van der Waals surface area contributed by atoms with Crippen molar-refractivity contribution in [3.05, 3.63) is 76.3 Å². The Balaban J connectivity index is 1.84. The van der Waals surface area contributed by atoms with Gasteiger partial charge < -0.3 is 25.6 Å². The van der Waals surface area contributed by atoms with Crippen molar-refractivity contribution < 1.29 is 24.5 Å². The summed E-state index contributed by atoms with van der Waals surface area (Å²) < 4.78 is 5.93. The molecule has 0 aliphatic rings. The van der Waals surface area contributed by atoms with Crippen molar-refractivity contribution in [1.82, 2.24) is 10.6 Å². The number of phenols is 1. The highest BCUT2D eigenvalue weighted by atomic mass is 35.5. The number of hydrogen-bond donors (Lipinski definition) is 4. The van der Waals surface area contributed by atoms with Crippen molar-refractivity contribution in [2.45, 2.75) is 19.4 Å². The molecule has 33 heavy (non-hydrogen) atoms. The molecule has 0 saturated heterocycles. The van der Waals surface area contributed by atoms with Gasteiger partial charge in [-0.25, -0.2) is 4.79 Å². The zero-order chi connectivity index (χ0) is 24.2. The number of urea groups is 1. The highest BCUT2D eigenvalue weighted by molar-refractivity contribution is 6.37. The van der Waals surface area contributed by atoms with E-state index in [1.165, 1.54) is 6.07 Å². The number of hydrogen-bond acceptors (Lipinski definition) is 4. The minimum Gasteiger partial charge on any atom is -0.507 e. The molecule has 2 amide bonds. The van der Waals surface area contributed by atoms with Crippen LogP contribution < -0.4 is 15.4 Å². The van der Waals surface area contributed by atoms with Crippen LogP contribution in [0, 0.1) is 0 Å². The van der Waals surface area contributed by atoms with Crippen LogP contribution in [0.25, 0.3) is 11.1 Å². The average Bonchev–Trinajstić information content (AvgIpc) is 2.76. The monoisotopic (exact) mass is 488 g/mol. The second kappa shape index (κ2) is 10.0. The number of halogens is 2. The molecular formula is C24H22Cl2N2O5. The number of carbonyl (C=O) groups is 2. The lowest BCUT2D eigenvalue weighted by atomic mass is 9.94. The van der Waals surface area contributed by atoms with Crippen LogP contribution in [0.15, 0.2) is 60.7 Å². The molecule has 3 rings (SSSR count). The first-order valence-electron chi connectivity index (χ1n) is 9.90. The van der Waals surface area contributed by atoms with Gasteiger partial charge in [0.05, 0.1) is 15.6 Å². The largest absolute Gasteiger partial charge is 0.507 e. The number of phenolic OH excluding ortho intramolecular Hbond substituents is 1. The third-order valence-electron chi connectivity index (χ3n) is 4.82. The summed E-state index contributed by atoms with van der Waals surface area (Å²) in [5, 5.41) is 24.3. The van der Waals surface area contributed by atoms with Crippen LogP contribution in [0.1, 0.15) is 19.4 Å². The van der Waals surface area contributed by atoms with Gasteiger partial charge in [0.1, 0.15) is 18.0 Å². The normalized spacial score (nSPS) is 11.0. The van der Waals surface area contributed by atoms with Crippen molar-refractivity contribution in [2.75, 3.05) is 6.54 Å². The van der Waals surface area contributed by atoms with Gasteiger partial charge in [-0.15, -0.1) is 0 Å². The summed E-state index contributed by atoms with van der Waals surface area (Å²) in [4.78, 5) is 22.6. The summed E-state index contributed by atoms with van der Waals surface area (Å²) in [6.07, 6.45) is 0. The van der Waals surface area contributed by atoms with Crippen LogP contribution in [-0.2, 0) is 10.3 Å². The first-order valence-corrected chi connectivity index (χ1v) is 10.7. The molecule has 0 radical (unpaired) electrons. The van der Waals surface area contributed by atoms with Crippen LogP contribution in [0.2, 0.25) is 10.0 Å². The van der Waals surface area contributed by atoms with E-state index in [0.29, 0.717) is 16.9 Å². The van der Waals surface area contributed by atoms with E-state index < -0.39 is 24.1 Å². The van der Waals surface area contributed by atoms with Gasteiger partial charge in [-0.3, -0.25) is 4.79 Å². The van der Waals surface area contributed by atoms with E-state index in [1.54, 1.807) is 38.1 Å². The molecule has 0 aliphatic heterocycles. The Kier molecular flexibility index (Phi) is 7.36. The van der Waals surface area contributed by atoms with E-state index >= 15 is 0 Å². The van der Waals surface area contributed by atoms with Gasteiger partial charge in [0, 0.05) is 5.56 Å². The fourth-order valence-corrected chi connectivity index (χ4v) is 3.68. The SMILES string of the molecule is CC(C)(NC(=O)NCC(=O)O)c1cc(Cl)c(Oc2ccc(O)c(-c3ccccc3)c2)c(Cl)c1. The fourth-order valence-electron chi connectivity index (χ4n) is 3.12. The van der Waals surface area contributed by atoms with E-state index in [2.05, 4.69) is 10.6 Å². The van der Waals surface area contributed by atoms with E-state index in [1.807, 2.05) is 30.3 Å². The van der Waals surface area contributed by atoms with Gasteiger partial charge in [-0.2, -0.15) is 0 Å². The van der Waals surface area contributed by atoms with Crippen LogP contribution in [0.4, 0.5) is 4.79 Å². The maximum Gasteiger partial charge on any atom is 0.323 e. The lowest BCUT2D eigenvalue weighted by Crippen LogP contribution is -2.47. The molecule has 0 saturated carbocycles. The van der Waals surface area contributed by atoms with Crippen LogP contribution in [-0.4, -0.2) is 28.8 Å². The molecule has 0 spiro atoms. The summed E-state index contributed by atoms with van der Waals surface area (Å²) in [5.74, 6) is -0.401. The molecule has 7 nitrogen and oxygen atoms in total. The number of carbonyl (C=O) groups excluding carboxylic acids is 1. The number of carboxylic acids is 1. The lowest BCUT2D eigenvalue weighted by Gasteiger charge is -2.28. The fraction of sp³-hybridized carbons (Fsp3) is 0.167. The molecule has 9 heteroatoms. The molecule has 172 valence electrons. The maximum absolute atomic E-state index is 12.0. The Morgan fingerprint density at radius 2 is 1.64 bits per heavy atom. The first kappa shape index (κ1) is 24.2. The van der Waals surface area contributed by atoms with E-state index in [9.17, 15) is 14.7 Å². The van der Waals surface area contributed by atoms with Crippen LogP contribution in [0.3, 0.4) is 0 Å². The number of rotatable bonds is 7. The predicted molar refractivity (Wildman–Crippen MR) is 127 cm³/mol. The standard InChI is InChI=1S/C24H22Cl2N2O5/c1-24(2,28-23(32)27-13-21(30)31)15-10-18(25)22(19(26)11-15)33-16-8-9-20(29)17(12-16)14-6-4-3-5-7-14/h3-12,29H,13H2,1-2H3,(H,30,31)(H2,27,28,32). The molecule has 3 aromatic carbocycles. The summed E-state index contributed by atoms with van der Waals surface area (Å²) in [6, 6.07) is 16.7. The predicted octanol–water partition coefficient (Wildman–Crippen LogP) is 5.78. The van der Waals surface area contributed by atoms with Crippen molar-refractivity contribution in [3.63, 3.8) is 0 Å². The van der Waals surface area contributed by atoms with E-state index in [0.717, 1.165) is 5.56 Å². The second-order valence-electron chi connectivity index (χ2n) is 7.74. The number of ether oxygens (including phenoxy) is 1. The number of benzene rings is 3. The smallest absolute Gasteiger partial charge is 0.323 e. The van der Waals surface area contributed by atoms with Gasteiger partial charge >= 0.3 is 12.0 Å². The number of carboxylic acid groups (broad SMARTS) is 1. The minimum absolute atomic E-state index is 0.107. The first-order chi connectivity index (χ1) is 15.6. The van der Waals surface area contributed by atoms with Gasteiger partial charge in [-0.1, -0.05) is 53.5 Å². The molecule has 3 aromatic rings. The van der Waals surface area contributed by atoms with Crippen LogP contribution in [0.5, 0.6) is 17.2 Å². The molecule has 0 aliphatic carbocycles. The summed E-state index contributed by atoms with van der Waals surface area (Å²) in [7, 11) is 0. The highest BCUT2D eigenvalue weighted by Gasteiger charge is 2.26. The Hall–Kier alpha value is -3.42. The third kappa shape index (κ3) is 6.09. The maximum atomic E-state index is 12.0. The Morgan fingerprint density at radius 3 is 2.24 bits per heavy atom. The summed E-state index contributed by atoms with van der Waals surface area (Å²) >= 11 is 12.9. The summed E-state index contributed by atoms with van der Waals surface area (Å²) in [5.41, 5.74) is 1.09. The van der Waals surface area contributed by atoms with E-state index in [4.69, 9.17) is 33.0 Å². The zero-order valence-electron chi connectivity index (χ0n) is 17.9. The molecule has 0 fully saturated rings. The molecular weight excluding hydrogens is 467 g/mol. The quantitative estimate of drug-likeness (QED) is 0.337. The number of aromatic hydroxyl groups is 1. The van der Waals surface area contributed by atoms with Crippen molar-refractivity contribution in [3.8, 4) is 28.4 Å². The highest BCUT2D eigenvalue weighted by Crippen LogP contribution is 2.41. The van der Waals surface area contributed by atoms with Crippen molar-refractivity contribution >= 4 is 35.2 Å². The molecule has 0 unspecified atom stereocenters. The van der Waals surface area contributed by atoms with Gasteiger partial charge in [0.2, 0.25) is 0 Å². The second-order valence-corrected chi connectivity index (χ2v) is 8.56. The molecule has 0 atom stereocenters. The van der Waals surface area contributed by atoms with E-state index in [-0.39, 0.29) is 21.5 Å². The van der Waals surface area contributed by atoms with Gasteiger partial charge in [0.15, 0.2) is 5.75 Å². The number of amides is 2. The number of nitrogens with one attached hydrogen (secondary N) is 2. The third-order valence-corrected chi connectivity index (χ3v) is 5.38. The molecule has 0 aromatic heterocycles. The van der Waals surface area contributed by atoms with Gasteiger partial charge in [0.25, 0.3) is 0 Å². The summed E-state index contributed by atoms with van der Waals surface area (Å²) in [6.45, 7) is 2.94. The molecule has 4 N–H and O–H groups in total. The average molecular weight is 489 g/mol. The number of aliphatic carboxylic acids is 1. The Labute approximate surface area is 200 Å². The zero-order valence-corrected chi connectivity index (χ0v) is 19.4. The van der Waals surface area contributed by atoms with Crippen LogP contribution >= 0.6 is 23.2 Å². The topological polar surface area (TPSA) is 108 Å². The van der Waals surface area contributed by atoms with Gasteiger partial charge in [-0.05, 0) is 55.3 Å². The lowest BCUT2D eigenvalue weighted by molar-refractivity contribution is -0.135. The minimum atomic E-state index is -1.15. The Bertz CT molecular complexity index is 1160. The Morgan fingerprint density at radius 1 is 1.00 bits per heavy atom. The van der Waals surface area contributed by atoms with Crippen molar-refractivity contribution in [2.24, 2.45) is 0 Å². The van der Waals surface area contributed by atoms with Crippen molar-refractivity contribution in [1.29, 1.82) is 0 Å². The molecule has 0 heterocycles.